The fourth-order valence-electron chi connectivity index (χ4n) is 3.14. The summed E-state index contributed by atoms with van der Waals surface area (Å²) in [4.78, 5) is 2.11. The lowest BCUT2D eigenvalue weighted by atomic mass is 10.0. The summed E-state index contributed by atoms with van der Waals surface area (Å²) in [5, 5.41) is 10.2. The largest absolute Gasteiger partial charge is 0.454 e. The fraction of sp³-hybridized carbons (Fsp3) is 0.455. The minimum absolute atomic E-state index is 0.269. The highest BCUT2D eigenvalue weighted by Crippen LogP contribution is 2.32. The second kappa shape index (κ2) is 9.22. The Kier molecular flexibility index (Phi) is 6.72. The molecule has 1 aliphatic rings. The quantitative estimate of drug-likeness (QED) is 0.731. The van der Waals surface area contributed by atoms with Crippen molar-refractivity contribution in [3.8, 4) is 11.5 Å². The lowest BCUT2D eigenvalue weighted by Crippen LogP contribution is -2.31. The minimum Gasteiger partial charge on any atom is -0.454 e. The maximum absolute atomic E-state index is 10.2. The summed E-state index contributed by atoms with van der Waals surface area (Å²) in [6.45, 7) is 6.76. The van der Waals surface area contributed by atoms with Gasteiger partial charge in [0.25, 0.3) is 0 Å². The molecule has 0 aliphatic carbocycles. The molecular formula is C22H29NO4. The number of hydrogen-bond donors (Lipinski definition) is 1. The molecule has 0 unspecified atom stereocenters. The van der Waals surface area contributed by atoms with Gasteiger partial charge in [0.1, 0.15) is 0 Å². The highest BCUT2D eigenvalue weighted by atomic mass is 16.7. The Labute approximate surface area is 161 Å². The van der Waals surface area contributed by atoms with Gasteiger partial charge in [0.05, 0.1) is 19.3 Å². The van der Waals surface area contributed by atoms with Crippen LogP contribution >= 0.6 is 0 Å². The van der Waals surface area contributed by atoms with E-state index in [9.17, 15) is 5.11 Å². The molecule has 0 radical (unpaired) electrons. The van der Waals surface area contributed by atoms with Gasteiger partial charge in [-0.2, -0.15) is 0 Å². The van der Waals surface area contributed by atoms with Crippen molar-refractivity contribution in [2.45, 2.75) is 39.0 Å². The van der Waals surface area contributed by atoms with Crippen LogP contribution in [0.15, 0.2) is 42.5 Å². The van der Waals surface area contributed by atoms with E-state index >= 15 is 0 Å². The normalized spacial score (nSPS) is 14.1. The molecule has 0 amide bonds. The number of aliphatic hydroxyl groups is 1. The first-order chi connectivity index (χ1) is 13.0. The first kappa shape index (κ1) is 19.7. The van der Waals surface area contributed by atoms with Crippen molar-refractivity contribution < 1.29 is 19.3 Å². The van der Waals surface area contributed by atoms with Crippen LogP contribution < -0.4 is 9.47 Å². The molecule has 1 heterocycles. The van der Waals surface area contributed by atoms with E-state index in [0.29, 0.717) is 25.7 Å². The average Bonchev–Trinajstić information content (AvgIpc) is 3.09. The van der Waals surface area contributed by atoms with Crippen molar-refractivity contribution in [3.63, 3.8) is 0 Å². The van der Waals surface area contributed by atoms with Crippen LogP contribution in [0.3, 0.4) is 0 Å². The summed E-state index contributed by atoms with van der Waals surface area (Å²) in [6, 6.07) is 14.4. The van der Waals surface area contributed by atoms with E-state index in [0.717, 1.165) is 23.6 Å². The number of nitrogens with zero attached hydrogens (tertiary/aromatic N) is 1. The molecule has 2 aromatic rings. The Morgan fingerprint density at radius 2 is 1.74 bits per heavy atom. The van der Waals surface area contributed by atoms with Crippen molar-refractivity contribution >= 4 is 0 Å². The maximum atomic E-state index is 10.2. The molecule has 2 aromatic carbocycles. The second-order valence-corrected chi connectivity index (χ2v) is 7.45. The van der Waals surface area contributed by atoms with E-state index in [2.05, 4.69) is 43.0 Å². The number of rotatable bonds is 9. The van der Waals surface area contributed by atoms with E-state index < -0.39 is 6.10 Å². The molecule has 27 heavy (non-hydrogen) atoms. The Morgan fingerprint density at radius 1 is 1.04 bits per heavy atom. The fourth-order valence-corrected chi connectivity index (χ4v) is 3.14. The third kappa shape index (κ3) is 5.70. The van der Waals surface area contributed by atoms with Crippen molar-refractivity contribution in [2.75, 3.05) is 27.0 Å². The van der Waals surface area contributed by atoms with Gasteiger partial charge < -0.3 is 19.3 Å². The molecule has 3 rings (SSSR count). The topological polar surface area (TPSA) is 51.2 Å². The molecule has 1 aliphatic heterocycles. The molecule has 0 fully saturated rings. The van der Waals surface area contributed by atoms with E-state index in [4.69, 9.17) is 14.2 Å². The van der Waals surface area contributed by atoms with E-state index in [-0.39, 0.29) is 6.79 Å². The summed E-state index contributed by atoms with van der Waals surface area (Å²) in [7, 11) is 2.01. The van der Waals surface area contributed by atoms with Crippen LogP contribution in [0.1, 0.15) is 36.5 Å². The summed E-state index contributed by atoms with van der Waals surface area (Å²) < 4.78 is 16.3. The van der Waals surface area contributed by atoms with E-state index in [1.807, 2.05) is 25.2 Å². The summed E-state index contributed by atoms with van der Waals surface area (Å²) in [5.74, 6) is 2.06. The highest BCUT2D eigenvalue weighted by Gasteiger charge is 2.14. The Balaban J connectivity index is 1.38. The van der Waals surface area contributed by atoms with Crippen LogP contribution in [0.2, 0.25) is 0 Å². The van der Waals surface area contributed by atoms with Crippen LogP contribution in [0.4, 0.5) is 0 Å². The smallest absolute Gasteiger partial charge is 0.231 e. The van der Waals surface area contributed by atoms with Gasteiger partial charge in [-0.1, -0.05) is 44.2 Å². The zero-order valence-corrected chi connectivity index (χ0v) is 16.4. The number of likely N-dealkylation sites (N-methyl/N-ethyl adjacent to an activating group) is 1. The van der Waals surface area contributed by atoms with Crippen molar-refractivity contribution in [3.05, 3.63) is 59.2 Å². The van der Waals surface area contributed by atoms with Gasteiger partial charge in [0, 0.05) is 13.1 Å². The summed E-state index contributed by atoms with van der Waals surface area (Å²) >= 11 is 0. The predicted molar refractivity (Wildman–Crippen MR) is 105 cm³/mol. The number of aliphatic hydroxyl groups excluding tert-OH is 1. The van der Waals surface area contributed by atoms with Gasteiger partial charge in [0.15, 0.2) is 11.5 Å². The third-order valence-electron chi connectivity index (χ3n) is 4.64. The lowest BCUT2D eigenvalue weighted by Gasteiger charge is -2.21. The van der Waals surface area contributed by atoms with Gasteiger partial charge in [-0.25, -0.2) is 0 Å². The molecule has 0 bridgehead atoms. The molecule has 146 valence electrons. The van der Waals surface area contributed by atoms with Crippen LogP contribution in [-0.2, 0) is 17.9 Å². The van der Waals surface area contributed by atoms with Gasteiger partial charge >= 0.3 is 0 Å². The number of benzene rings is 2. The minimum atomic E-state index is -0.529. The molecule has 0 saturated heterocycles. The Hall–Kier alpha value is -2.08. The van der Waals surface area contributed by atoms with E-state index in [1.54, 1.807) is 0 Å². The van der Waals surface area contributed by atoms with Crippen LogP contribution in [0.25, 0.3) is 0 Å². The first-order valence-electron chi connectivity index (χ1n) is 9.43. The molecule has 1 N–H and O–H groups in total. The van der Waals surface area contributed by atoms with Crippen LogP contribution in [0, 0.1) is 0 Å². The predicted octanol–water partition coefficient (Wildman–Crippen LogP) is 3.55. The standard InChI is InChI=1S/C22H29NO4/c1-16(2)19-7-4-17(5-8-19)11-23(3)12-20(24)14-25-13-18-6-9-21-22(10-18)27-15-26-21/h4-10,16,20,24H,11-15H2,1-3H3/t20-/m1/s1. The number of hydrogen-bond acceptors (Lipinski definition) is 5. The van der Waals surface area contributed by atoms with Gasteiger partial charge in [-0.3, -0.25) is 4.90 Å². The lowest BCUT2D eigenvalue weighted by molar-refractivity contribution is 0.0127. The van der Waals surface area contributed by atoms with Crippen LogP contribution in [0.5, 0.6) is 11.5 Å². The van der Waals surface area contributed by atoms with E-state index in [1.165, 1.54) is 11.1 Å². The molecular weight excluding hydrogens is 342 g/mol. The Bertz CT molecular complexity index is 730. The molecule has 0 spiro atoms. The maximum Gasteiger partial charge on any atom is 0.231 e. The van der Waals surface area contributed by atoms with Gasteiger partial charge in [-0.15, -0.1) is 0 Å². The SMILES string of the molecule is CC(C)c1ccc(CN(C)C[C@@H](O)COCc2ccc3c(c2)OCO3)cc1. The highest BCUT2D eigenvalue weighted by molar-refractivity contribution is 5.44. The number of ether oxygens (including phenoxy) is 3. The van der Waals surface area contributed by atoms with Gasteiger partial charge in [-0.05, 0) is 41.8 Å². The third-order valence-corrected chi connectivity index (χ3v) is 4.64. The van der Waals surface area contributed by atoms with Crippen molar-refractivity contribution in [1.82, 2.24) is 4.90 Å². The summed E-state index contributed by atoms with van der Waals surface area (Å²) in [6.07, 6.45) is -0.529. The molecule has 5 heteroatoms. The van der Waals surface area contributed by atoms with Gasteiger partial charge in [0.2, 0.25) is 6.79 Å². The number of fused-ring (bicyclic) bond motifs is 1. The van der Waals surface area contributed by atoms with Crippen molar-refractivity contribution in [1.29, 1.82) is 0 Å². The zero-order valence-electron chi connectivity index (χ0n) is 16.4. The monoisotopic (exact) mass is 371 g/mol. The first-order valence-corrected chi connectivity index (χ1v) is 9.43. The molecule has 5 nitrogen and oxygen atoms in total. The second-order valence-electron chi connectivity index (χ2n) is 7.45. The average molecular weight is 371 g/mol. The van der Waals surface area contributed by atoms with Crippen LogP contribution in [-0.4, -0.2) is 43.1 Å². The molecule has 1 atom stereocenters. The zero-order chi connectivity index (χ0) is 19.2. The molecule has 0 aromatic heterocycles. The molecule has 0 saturated carbocycles. The Morgan fingerprint density at radius 3 is 2.48 bits per heavy atom. The van der Waals surface area contributed by atoms with Crippen molar-refractivity contribution in [2.24, 2.45) is 0 Å². The summed E-state index contributed by atoms with van der Waals surface area (Å²) in [5.41, 5.74) is 3.60.